The second-order valence-corrected chi connectivity index (χ2v) is 8.64. The first-order chi connectivity index (χ1) is 16.1. The number of benzene rings is 3. The summed E-state index contributed by atoms with van der Waals surface area (Å²) in [6.07, 6.45) is 5.03. The molecule has 0 saturated heterocycles. The Morgan fingerprint density at radius 2 is 1.58 bits per heavy atom. The quantitative estimate of drug-likeness (QED) is 0.353. The van der Waals surface area contributed by atoms with E-state index in [1.165, 1.54) is 11.1 Å². The lowest BCUT2D eigenvalue weighted by Crippen LogP contribution is -2.33. The number of nitrogens with zero attached hydrogens (tertiary/aromatic N) is 2. The van der Waals surface area contributed by atoms with Crippen LogP contribution in [0.5, 0.6) is 0 Å². The number of aromatic nitrogens is 2. The van der Waals surface area contributed by atoms with Crippen molar-refractivity contribution in [3.05, 3.63) is 108 Å². The maximum absolute atomic E-state index is 12.7. The smallest absolute Gasteiger partial charge is 0.220 e. The molecule has 0 aliphatic rings. The number of rotatable bonds is 9. The highest BCUT2D eigenvalue weighted by Crippen LogP contribution is 2.25. The van der Waals surface area contributed by atoms with E-state index in [1.54, 1.807) is 0 Å². The van der Waals surface area contributed by atoms with Crippen LogP contribution in [-0.4, -0.2) is 21.7 Å². The maximum Gasteiger partial charge on any atom is 0.220 e. The molecule has 0 radical (unpaired) electrons. The summed E-state index contributed by atoms with van der Waals surface area (Å²) < 4.78 is 1.91. The second kappa shape index (κ2) is 10.8. The van der Waals surface area contributed by atoms with E-state index >= 15 is 0 Å². The molecule has 1 N–H and O–H groups in total. The Balaban J connectivity index is 1.42. The van der Waals surface area contributed by atoms with Crippen LogP contribution in [0.2, 0.25) is 0 Å². The van der Waals surface area contributed by atoms with Gasteiger partial charge in [-0.15, -0.1) is 0 Å². The molecule has 4 nitrogen and oxygen atoms in total. The van der Waals surface area contributed by atoms with E-state index < -0.39 is 0 Å². The van der Waals surface area contributed by atoms with E-state index in [2.05, 4.69) is 73.9 Å². The van der Waals surface area contributed by atoms with Gasteiger partial charge in [0.1, 0.15) is 0 Å². The Bertz CT molecular complexity index is 1160. The van der Waals surface area contributed by atoms with Crippen LogP contribution < -0.4 is 5.32 Å². The van der Waals surface area contributed by atoms with Crippen molar-refractivity contribution < 1.29 is 4.79 Å². The molecular weight excluding hydrogens is 406 g/mol. The van der Waals surface area contributed by atoms with Crippen LogP contribution in [0.4, 0.5) is 0 Å². The minimum Gasteiger partial charge on any atom is -0.354 e. The van der Waals surface area contributed by atoms with E-state index in [-0.39, 0.29) is 11.9 Å². The van der Waals surface area contributed by atoms with E-state index in [1.807, 2.05) is 41.1 Å². The van der Waals surface area contributed by atoms with Crippen LogP contribution in [0.3, 0.4) is 0 Å². The summed E-state index contributed by atoms with van der Waals surface area (Å²) in [5.74, 6) is 0.0814. The lowest BCUT2D eigenvalue weighted by Gasteiger charge is -2.14. The van der Waals surface area contributed by atoms with Crippen LogP contribution in [0, 0.1) is 6.92 Å². The second-order valence-electron chi connectivity index (χ2n) is 8.64. The molecule has 4 rings (SSSR count). The molecule has 4 heteroatoms. The number of hydrogen-bond acceptors (Lipinski definition) is 2. The van der Waals surface area contributed by atoms with Gasteiger partial charge in [0, 0.05) is 24.2 Å². The van der Waals surface area contributed by atoms with Crippen molar-refractivity contribution in [2.24, 2.45) is 0 Å². The van der Waals surface area contributed by atoms with E-state index in [0.29, 0.717) is 12.8 Å². The highest BCUT2D eigenvalue weighted by atomic mass is 16.1. The summed E-state index contributed by atoms with van der Waals surface area (Å²) in [6.45, 7) is 4.16. The number of aryl methyl sites for hydroxylation is 3. The van der Waals surface area contributed by atoms with Gasteiger partial charge in [-0.3, -0.25) is 4.79 Å². The Hall–Kier alpha value is -3.66. The molecule has 1 unspecified atom stereocenters. The Morgan fingerprint density at radius 1 is 0.909 bits per heavy atom. The van der Waals surface area contributed by atoms with Crippen molar-refractivity contribution in [1.82, 2.24) is 15.1 Å². The third-order valence-corrected chi connectivity index (χ3v) is 5.87. The molecule has 4 aromatic rings. The van der Waals surface area contributed by atoms with Crippen molar-refractivity contribution in [3.63, 3.8) is 0 Å². The normalized spacial score (nSPS) is 11.8. The van der Waals surface area contributed by atoms with Crippen LogP contribution in [0.15, 0.2) is 91.1 Å². The fourth-order valence-corrected chi connectivity index (χ4v) is 3.96. The number of amides is 1. The molecule has 1 heterocycles. The maximum atomic E-state index is 12.7. The third-order valence-electron chi connectivity index (χ3n) is 5.87. The van der Waals surface area contributed by atoms with Crippen molar-refractivity contribution >= 4 is 5.91 Å². The molecule has 0 bridgehead atoms. The number of nitrogens with one attached hydrogen (secondary N) is 1. The van der Waals surface area contributed by atoms with E-state index in [4.69, 9.17) is 5.10 Å². The van der Waals surface area contributed by atoms with Gasteiger partial charge < -0.3 is 5.32 Å². The van der Waals surface area contributed by atoms with Gasteiger partial charge in [-0.05, 0) is 56.4 Å². The molecule has 0 saturated carbocycles. The minimum absolute atomic E-state index is 0.0814. The Morgan fingerprint density at radius 3 is 2.27 bits per heavy atom. The molecule has 0 aliphatic carbocycles. The average Bonchev–Trinajstić information content (AvgIpc) is 3.27. The van der Waals surface area contributed by atoms with Gasteiger partial charge in [-0.2, -0.15) is 5.10 Å². The standard InChI is InChI=1S/C29H31N3O/c1-22-13-17-25(18-14-22)29-26(21-32(31-29)27-11-7-4-8-12-27)19-20-28(33)30-23(2)15-16-24-9-5-3-6-10-24/h3-14,17-18,21,23H,15-16,19-20H2,1-2H3,(H,30,33). The first-order valence-electron chi connectivity index (χ1n) is 11.6. The van der Waals surface area contributed by atoms with E-state index in [9.17, 15) is 4.79 Å². The summed E-state index contributed by atoms with van der Waals surface area (Å²) >= 11 is 0. The SMILES string of the molecule is Cc1ccc(-c2nn(-c3ccccc3)cc2CCC(=O)NC(C)CCc2ccccc2)cc1. The van der Waals surface area contributed by atoms with Crippen LogP contribution in [0.25, 0.3) is 16.9 Å². The fraction of sp³-hybridized carbons (Fsp3) is 0.241. The van der Waals surface area contributed by atoms with Crippen LogP contribution in [0.1, 0.15) is 36.5 Å². The molecule has 1 aromatic heterocycles. The Kier molecular flexibility index (Phi) is 7.36. The molecule has 168 valence electrons. The summed E-state index contributed by atoms with van der Waals surface area (Å²) in [4.78, 5) is 12.7. The predicted molar refractivity (Wildman–Crippen MR) is 134 cm³/mol. The topological polar surface area (TPSA) is 46.9 Å². The predicted octanol–water partition coefficient (Wildman–Crippen LogP) is 5.92. The molecule has 0 spiro atoms. The summed E-state index contributed by atoms with van der Waals surface area (Å²) in [5.41, 5.74) is 6.61. The van der Waals surface area contributed by atoms with Gasteiger partial charge in [-0.1, -0.05) is 78.4 Å². The molecule has 0 aliphatic heterocycles. The summed E-state index contributed by atoms with van der Waals surface area (Å²) in [7, 11) is 0. The molecule has 33 heavy (non-hydrogen) atoms. The third kappa shape index (κ3) is 6.19. The van der Waals surface area contributed by atoms with Crippen molar-refractivity contribution in [3.8, 4) is 16.9 Å². The highest BCUT2D eigenvalue weighted by molar-refractivity contribution is 5.77. The largest absolute Gasteiger partial charge is 0.354 e. The molecule has 3 aromatic carbocycles. The highest BCUT2D eigenvalue weighted by Gasteiger charge is 2.15. The molecule has 1 amide bonds. The van der Waals surface area contributed by atoms with Gasteiger partial charge in [0.25, 0.3) is 0 Å². The average molecular weight is 438 g/mol. The van der Waals surface area contributed by atoms with Gasteiger partial charge in [0.15, 0.2) is 0 Å². The van der Waals surface area contributed by atoms with Gasteiger partial charge in [0.2, 0.25) is 5.91 Å². The van der Waals surface area contributed by atoms with Crippen LogP contribution in [-0.2, 0) is 17.6 Å². The monoisotopic (exact) mass is 437 g/mol. The van der Waals surface area contributed by atoms with Gasteiger partial charge >= 0.3 is 0 Å². The van der Waals surface area contributed by atoms with Gasteiger partial charge in [0.05, 0.1) is 11.4 Å². The lowest BCUT2D eigenvalue weighted by molar-refractivity contribution is -0.121. The van der Waals surface area contributed by atoms with Crippen molar-refractivity contribution in [2.75, 3.05) is 0 Å². The summed E-state index contributed by atoms with van der Waals surface area (Å²) in [6, 6.07) is 29.0. The zero-order chi connectivity index (χ0) is 23.0. The summed E-state index contributed by atoms with van der Waals surface area (Å²) in [5, 5.41) is 8.03. The fourth-order valence-electron chi connectivity index (χ4n) is 3.96. The zero-order valence-electron chi connectivity index (χ0n) is 19.4. The number of hydrogen-bond donors (Lipinski definition) is 1. The first kappa shape index (κ1) is 22.5. The number of carbonyl (C=O) groups is 1. The number of para-hydroxylation sites is 1. The zero-order valence-corrected chi connectivity index (χ0v) is 19.4. The molecular formula is C29H31N3O. The minimum atomic E-state index is 0.0814. The van der Waals surface area contributed by atoms with E-state index in [0.717, 1.165) is 35.3 Å². The van der Waals surface area contributed by atoms with Crippen molar-refractivity contribution in [1.29, 1.82) is 0 Å². The molecule has 1 atom stereocenters. The van der Waals surface area contributed by atoms with Gasteiger partial charge in [-0.25, -0.2) is 4.68 Å². The lowest BCUT2D eigenvalue weighted by atomic mass is 10.0. The first-order valence-corrected chi connectivity index (χ1v) is 11.6. The molecule has 0 fully saturated rings. The Labute approximate surface area is 196 Å². The number of carbonyl (C=O) groups excluding carboxylic acids is 1. The van der Waals surface area contributed by atoms with Crippen LogP contribution >= 0.6 is 0 Å². The van der Waals surface area contributed by atoms with Crippen molar-refractivity contribution in [2.45, 2.75) is 45.6 Å².